The van der Waals surface area contributed by atoms with Crippen LogP contribution in [0.25, 0.3) is 0 Å². The average molecular weight is 385 g/mol. The van der Waals surface area contributed by atoms with E-state index in [2.05, 4.69) is 36.6 Å². The molecule has 0 radical (unpaired) electrons. The topological polar surface area (TPSA) is 46.2 Å². The smallest absolute Gasteiger partial charge is 0.208 e. The molecule has 0 aliphatic carbocycles. The van der Waals surface area contributed by atoms with E-state index in [1.54, 1.807) is 24.3 Å². The van der Waals surface area contributed by atoms with Crippen LogP contribution in [0.3, 0.4) is 0 Å². The highest BCUT2D eigenvalue weighted by atomic mass is 79.9. The number of alkyl halides is 1. The molecule has 6 heteroatoms. The van der Waals surface area contributed by atoms with Gasteiger partial charge in [-0.1, -0.05) is 35.0 Å². The van der Waals surface area contributed by atoms with E-state index in [0.717, 1.165) is 5.33 Å². The number of sulfonamides is 1. The molecule has 0 bridgehead atoms. The van der Waals surface area contributed by atoms with Crippen LogP contribution >= 0.6 is 31.9 Å². The van der Waals surface area contributed by atoms with Crippen LogP contribution in [0.4, 0.5) is 0 Å². The van der Waals surface area contributed by atoms with Crippen molar-refractivity contribution in [1.29, 1.82) is 0 Å². The minimum atomic E-state index is -3.46. The Hall–Kier alpha value is 0.0900. The summed E-state index contributed by atoms with van der Waals surface area (Å²) in [5, 5.41) is 0.757. The minimum Gasteiger partial charge on any atom is -0.208 e. The summed E-state index contributed by atoms with van der Waals surface area (Å²) in [6.45, 7) is 3.85. The highest BCUT2D eigenvalue weighted by Gasteiger charge is 2.22. The Balaban J connectivity index is 2.94. The van der Waals surface area contributed by atoms with Gasteiger partial charge in [-0.2, -0.15) is 0 Å². The van der Waals surface area contributed by atoms with Gasteiger partial charge in [-0.3, -0.25) is 0 Å². The van der Waals surface area contributed by atoms with Gasteiger partial charge in [-0.15, -0.1) is 0 Å². The zero-order valence-electron chi connectivity index (χ0n) is 9.65. The van der Waals surface area contributed by atoms with E-state index in [0.29, 0.717) is 4.47 Å². The highest BCUT2D eigenvalue weighted by Crippen LogP contribution is 2.21. The van der Waals surface area contributed by atoms with E-state index in [1.807, 2.05) is 13.8 Å². The van der Waals surface area contributed by atoms with Gasteiger partial charge in [0.25, 0.3) is 0 Å². The van der Waals surface area contributed by atoms with E-state index in [1.165, 1.54) is 0 Å². The highest BCUT2D eigenvalue weighted by molar-refractivity contribution is 9.10. The molecule has 17 heavy (non-hydrogen) atoms. The van der Waals surface area contributed by atoms with Gasteiger partial charge in [0, 0.05) is 15.8 Å². The average Bonchev–Trinajstić information content (AvgIpc) is 2.27. The molecule has 0 fully saturated rings. The SMILES string of the molecule is CC(CBr)C(C)NS(=O)(=O)c1ccccc1Br. The number of hydrogen-bond acceptors (Lipinski definition) is 2. The Morgan fingerprint density at radius 3 is 2.41 bits per heavy atom. The van der Waals surface area contributed by atoms with E-state index >= 15 is 0 Å². The third-order valence-electron chi connectivity index (χ3n) is 2.56. The first-order valence-corrected chi connectivity index (χ1v) is 8.61. The lowest BCUT2D eigenvalue weighted by atomic mass is 10.1. The predicted molar refractivity (Wildman–Crippen MR) is 76.9 cm³/mol. The van der Waals surface area contributed by atoms with Gasteiger partial charge in [0.15, 0.2) is 0 Å². The normalized spacial score (nSPS) is 15.5. The molecule has 3 nitrogen and oxygen atoms in total. The second-order valence-electron chi connectivity index (χ2n) is 3.97. The molecule has 2 unspecified atom stereocenters. The molecule has 1 rings (SSSR count). The molecule has 1 N–H and O–H groups in total. The lowest BCUT2D eigenvalue weighted by Gasteiger charge is -2.19. The molecule has 1 aromatic rings. The summed E-state index contributed by atoms with van der Waals surface area (Å²) in [6.07, 6.45) is 0. The van der Waals surface area contributed by atoms with Crippen molar-refractivity contribution in [3.05, 3.63) is 28.7 Å². The van der Waals surface area contributed by atoms with E-state index in [4.69, 9.17) is 0 Å². The molecule has 0 aliphatic heterocycles. The molecular weight excluding hydrogens is 370 g/mol. The summed E-state index contributed by atoms with van der Waals surface area (Å²) in [5.74, 6) is 0.229. The zero-order chi connectivity index (χ0) is 13.1. The Bertz CT molecular complexity index is 476. The molecule has 0 heterocycles. The van der Waals surface area contributed by atoms with Crippen molar-refractivity contribution in [2.75, 3.05) is 5.33 Å². The largest absolute Gasteiger partial charge is 0.241 e. The molecule has 0 amide bonds. The Morgan fingerprint density at radius 2 is 1.88 bits per heavy atom. The van der Waals surface area contributed by atoms with Gasteiger partial charge in [-0.25, -0.2) is 13.1 Å². The second-order valence-corrected chi connectivity index (χ2v) is 7.16. The van der Waals surface area contributed by atoms with Crippen LogP contribution < -0.4 is 4.72 Å². The lowest BCUT2D eigenvalue weighted by molar-refractivity contribution is 0.484. The van der Waals surface area contributed by atoms with Gasteiger partial charge in [0.05, 0.1) is 4.90 Å². The zero-order valence-corrected chi connectivity index (χ0v) is 13.6. The Labute approximate surface area is 119 Å². The van der Waals surface area contributed by atoms with E-state index in [-0.39, 0.29) is 16.9 Å². The monoisotopic (exact) mass is 383 g/mol. The number of halogens is 2. The first-order valence-electron chi connectivity index (χ1n) is 5.21. The van der Waals surface area contributed by atoms with Crippen LogP contribution in [0, 0.1) is 5.92 Å². The summed E-state index contributed by atoms with van der Waals surface area (Å²) in [4.78, 5) is 0.272. The van der Waals surface area contributed by atoms with Crippen LogP contribution in [0.5, 0.6) is 0 Å². The first kappa shape index (κ1) is 15.1. The molecular formula is C11H15Br2NO2S. The number of hydrogen-bond donors (Lipinski definition) is 1. The number of rotatable bonds is 5. The van der Waals surface area contributed by atoms with Crippen molar-refractivity contribution < 1.29 is 8.42 Å². The number of benzene rings is 1. The van der Waals surface area contributed by atoms with Crippen LogP contribution in [0.1, 0.15) is 13.8 Å². The van der Waals surface area contributed by atoms with Crippen LogP contribution in [0.2, 0.25) is 0 Å². The van der Waals surface area contributed by atoms with Crippen molar-refractivity contribution in [1.82, 2.24) is 4.72 Å². The van der Waals surface area contributed by atoms with Crippen molar-refractivity contribution in [2.45, 2.75) is 24.8 Å². The lowest BCUT2D eigenvalue weighted by Crippen LogP contribution is -2.37. The fourth-order valence-corrected chi connectivity index (χ4v) is 4.14. The fraction of sp³-hybridized carbons (Fsp3) is 0.455. The molecule has 0 aliphatic rings. The van der Waals surface area contributed by atoms with Crippen molar-refractivity contribution in [3.63, 3.8) is 0 Å². The minimum absolute atomic E-state index is 0.119. The summed E-state index contributed by atoms with van der Waals surface area (Å²) >= 11 is 6.60. The third kappa shape index (κ3) is 4.05. The molecule has 0 saturated carbocycles. The van der Waals surface area contributed by atoms with Crippen molar-refractivity contribution in [2.24, 2.45) is 5.92 Å². The first-order chi connectivity index (χ1) is 7.88. The van der Waals surface area contributed by atoms with Gasteiger partial charge in [0.1, 0.15) is 0 Å². The maximum atomic E-state index is 12.1. The Kier molecular flexibility index (Phi) is 5.63. The standard InChI is InChI=1S/C11H15Br2NO2S/c1-8(7-12)9(2)14-17(15,16)11-6-4-3-5-10(11)13/h3-6,8-9,14H,7H2,1-2H3. The fourth-order valence-electron chi connectivity index (χ4n) is 1.22. The summed E-state index contributed by atoms with van der Waals surface area (Å²) < 4.78 is 27.5. The summed E-state index contributed by atoms with van der Waals surface area (Å²) in [5.41, 5.74) is 0. The second kappa shape index (κ2) is 6.31. The predicted octanol–water partition coefficient (Wildman–Crippen LogP) is 3.15. The van der Waals surface area contributed by atoms with Crippen LogP contribution in [-0.4, -0.2) is 19.8 Å². The van der Waals surface area contributed by atoms with E-state index < -0.39 is 10.0 Å². The molecule has 0 saturated heterocycles. The van der Waals surface area contributed by atoms with Gasteiger partial charge in [0.2, 0.25) is 10.0 Å². The molecule has 2 atom stereocenters. The summed E-state index contributed by atoms with van der Waals surface area (Å²) in [7, 11) is -3.46. The van der Waals surface area contributed by atoms with E-state index in [9.17, 15) is 8.42 Å². The molecule has 96 valence electrons. The third-order valence-corrected chi connectivity index (χ3v) is 6.16. The molecule has 0 spiro atoms. The molecule has 1 aromatic carbocycles. The molecule has 0 aromatic heterocycles. The summed E-state index contributed by atoms with van der Waals surface area (Å²) in [6, 6.07) is 6.67. The maximum Gasteiger partial charge on any atom is 0.241 e. The maximum absolute atomic E-state index is 12.1. The van der Waals surface area contributed by atoms with Gasteiger partial charge >= 0.3 is 0 Å². The van der Waals surface area contributed by atoms with Gasteiger partial charge in [-0.05, 0) is 40.9 Å². The van der Waals surface area contributed by atoms with Crippen molar-refractivity contribution >= 4 is 41.9 Å². The van der Waals surface area contributed by atoms with Crippen molar-refractivity contribution in [3.8, 4) is 0 Å². The Morgan fingerprint density at radius 1 is 1.29 bits per heavy atom. The number of nitrogens with one attached hydrogen (secondary N) is 1. The quantitative estimate of drug-likeness (QED) is 0.792. The van der Waals surface area contributed by atoms with Crippen LogP contribution in [-0.2, 0) is 10.0 Å². The van der Waals surface area contributed by atoms with Gasteiger partial charge < -0.3 is 0 Å². The van der Waals surface area contributed by atoms with Crippen LogP contribution in [0.15, 0.2) is 33.6 Å².